The van der Waals surface area contributed by atoms with E-state index in [0.717, 1.165) is 7.11 Å². The summed E-state index contributed by atoms with van der Waals surface area (Å²) >= 11 is 0. The number of halogens is 3. The summed E-state index contributed by atoms with van der Waals surface area (Å²) in [5.74, 6) is -1.05. The van der Waals surface area contributed by atoms with E-state index in [9.17, 15) is 18.0 Å². The molecule has 4 nitrogen and oxygen atoms in total. The Labute approximate surface area is 140 Å². The van der Waals surface area contributed by atoms with Crippen LogP contribution in [-0.4, -0.2) is 61.2 Å². The monoisotopic (exact) mass is 344 g/mol. The zero-order valence-corrected chi connectivity index (χ0v) is 14.1. The summed E-state index contributed by atoms with van der Waals surface area (Å²) in [7, 11) is 0.933. The largest absolute Gasteiger partial charge is 0.430 e. The topological polar surface area (TPSA) is 32.8 Å². The number of carbonyl (C=O) groups excluding carboxylic acids is 1. The number of benzene rings is 1. The summed E-state index contributed by atoms with van der Waals surface area (Å²) in [5, 5.41) is 0. The second-order valence-electron chi connectivity index (χ2n) is 6.17. The predicted molar refractivity (Wildman–Crippen MR) is 84.5 cm³/mol. The molecule has 1 aliphatic heterocycles. The average Bonchev–Trinajstić information content (AvgIpc) is 2.55. The van der Waals surface area contributed by atoms with Crippen molar-refractivity contribution in [1.82, 2.24) is 9.80 Å². The number of alkyl halides is 3. The molecule has 1 fully saturated rings. The van der Waals surface area contributed by atoms with Gasteiger partial charge in [0.05, 0.1) is 0 Å². The lowest BCUT2D eigenvalue weighted by molar-refractivity contribution is -0.270. The zero-order chi connectivity index (χ0) is 18.0. The number of hydrogen-bond acceptors (Lipinski definition) is 3. The molecule has 0 aliphatic carbocycles. The van der Waals surface area contributed by atoms with Gasteiger partial charge in [-0.05, 0) is 13.8 Å². The maximum Gasteiger partial charge on any atom is 0.430 e. The minimum atomic E-state index is -4.85. The molecule has 1 unspecified atom stereocenters. The van der Waals surface area contributed by atoms with E-state index >= 15 is 0 Å². The molecule has 0 N–H and O–H groups in total. The number of nitrogens with zero attached hydrogens (tertiary/aromatic N) is 2. The predicted octanol–water partition coefficient (Wildman–Crippen LogP) is 2.64. The molecule has 1 saturated heterocycles. The molecule has 1 amide bonds. The number of carbonyl (C=O) groups is 1. The van der Waals surface area contributed by atoms with Crippen molar-refractivity contribution in [1.29, 1.82) is 0 Å². The molecule has 7 heteroatoms. The first-order valence-electron chi connectivity index (χ1n) is 7.95. The second-order valence-corrected chi connectivity index (χ2v) is 6.17. The van der Waals surface area contributed by atoms with Crippen LogP contribution in [0.15, 0.2) is 30.3 Å². The van der Waals surface area contributed by atoms with Crippen molar-refractivity contribution in [3.63, 3.8) is 0 Å². The molecule has 134 valence electrons. The molecule has 0 bridgehead atoms. The van der Waals surface area contributed by atoms with Gasteiger partial charge in [-0.3, -0.25) is 9.69 Å². The van der Waals surface area contributed by atoms with Gasteiger partial charge in [-0.25, -0.2) is 0 Å². The minimum absolute atomic E-state index is 0.198. The lowest BCUT2D eigenvalue weighted by Crippen LogP contribution is -2.60. The van der Waals surface area contributed by atoms with Crippen LogP contribution in [0.2, 0.25) is 0 Å². The summed E-state index contributed by atoms with van der Waals surface area (Å²) in [6, 6.07) is 7.40. The van der Waals surface area contributed by atoms with Crippen LogP contribution >= 0.6 is 0 Å². The molecule has 1 aromatic carbocycles. The molecular weight excluding hydrogens is 321 g/mol. The maximum absolute atomic E-state index is 13.9. The Morgan fingerprint density at radius 3 is 2.04 bits per heavy atom. The van der Waals surface area contributed by atoms with Crippen molar-refractivity contribution in [2.45, 2.75) is 31.7 Å². The van der Waals surface area contributed by atoms with Gasteiger partial charge in [0, 0.05) is 44.9 Å². The fraction of sp³-hybridized carbons (Fsp3) is 0.588. The highest BCUT2D eigenvalue weighted by molar-refractivity contribution is 5.88. The van der Waals surface area contributed by atoms with E-state index in [1.165, 1.54) is 29.2 Å². The van der Waals surface area contributed by atoms with Crippen LogP contribution in [0.1, 0.15) is 19.4 Å². The smallest absolute Gasteiger partial charge is 0.356 e. The van der Waals surface area contributed by atoms with Gasteiger partial charge in [0.25, 0.3) is 11.5 Å². The van der Waals surface area contributed by atoms with Crippen LogP contribution in [0.5, 0.6) is 0 Å². The third-order valence-electron chi connectivity index (χ3n) is 4.52. The SMILES string of the molecule is COC(C(=O)N1CCN(C(C)C)CC1)(c1ccccc1)C(F)(F)F. The Kier molecular flexibility index (Phi) is 5.55. The fourth-order valence-corrected chi connectivity index (χ4v) is 3.07. The van der Waals surface area contributed by atoms with Gasteiger partial charge in [0.2, 0.25) is 0 Å². The molecule has 2 rings (SSSR count). The Morgan fingerprint density at radius 1 is 1.08 bits per heavy atom. The standard InChI is InChI=1S/C17H23F3N2O2/c1-13(2)21-9-11-22(12-10-21)15(23)16(24-3,17(18,19)20)14-7-5-4-6-8-14/h4-8,13H,9-12H2,1-3H3. The van der Waals surface area contributed by atoms with Crippen LogP contribution in [0, 0.1) is 0 Å². The van der Waals surface area contributed by atoms with Crippen LogP contribution in [0.3, 0.4) is 0 Å². The van der Waals surface area contributed by atoms with Crippen molar-refractivity contribution in [3.8, 4) is 0 Å². The van der Waals surface area contributed by atoms with Crippen molar-refractivity contribution < 1.29 is 22.7 Å². The number of piperazine rings is 1. The highest BCUT2D eigenvalue weighted by atomic mass is 19.4. The maximum atomic E-state index is 13.9. The third kappa shape index (κ3) is 3.28. The first-order valence-corrected chi connectivity index (χ1v) is 7.95. The Morgan fingerprint density at radius 2 is 1.62 bits per heavy atom. The summed E-state index contributed by atoms with van der Waals surface area (Å²) < 4.78 is 46.5. The first kappa shape index (κ1) is 18.7. The van der Waals surface area contributed by atoms with Crippen molar-refractivity contribution in [3.05, 3.63) is 35.9 Å². The summed E-state index contributed by atoms with van der Waals surface area (Å²) in [5.41, 5.74) is -3.16. The van der Waals surface area contributed by atoms with Crippen LogP contribution in [0.25, 0.3) is 0 Å². The van der Waals surface area contributed by atoms with Crippen molar-refractivity contribution in [2.75, 3.05) is 33.3 Å². The van der Waals surface area contributed by atoms with Gasteiger partial charge in [0.1, 0.15) is 0 Å². The summed E-state index contributed by atoms with van der Waals surface area (Å²) in [6.45, 7) is 5.66. The van der Waals surface area contributed by atoms with Gasteiger partial charge in [-0.15, -0.1) is 0 Å². The number of amides is 1. The Bertz CT molecular complexity index is 555. The zero-order valence-electron chi connectivity index (χ0n) is 14.1. The van der Waals surface area contributed by atoms with Crippen LogP contribution in [0.4, 0.5) is 13.2 Å². The Hall–Kier alpha value is -1.60. The van der Waals surface area contributed by atoms with E-state index in [-0.39, 0.29) is 18.7 Å². The average molecular weight is 344 g/mol. The number of rotatable bonds is 4. The Balaban J connectivity index is 2.34. The molecule has 1 aliphatic rings. The minimum Gasteiger partial charge on any atom is -0.356 e. The summed E-state index contributed by atoms with van der Waals surface area (Å²) in [4.78, 5) is 16.2. The van der Waals surface area contributed by atoms with E-state index in [0.29, 0.717) is 19.1 Å². The highest BCUT2D eigenvalue weighted by Gasteiger charge is 2.63. The second kappa shape index (κ2) is 7.11. The van der Waals surface area contributed by atoms with Gasteiger partial charge in [-0.1, -0.05) is 30.3 Å². The summed E-state index contributed by atoms with van der Waals surface area (Å²) in [6.07, 6.45) is -4.85. The van der Waals surface area contributed by atoms with E-state index < -0.39 is 17.7 Å². The van der Waals surface area contributed by atoms with E-state index in [1.807, 2.05) is 13.8 Å². The van der Waals surface area contributed by atoms with E-state index in [2.05, 4.69) is 4.90 Å². The molecule has 0 aromatic heterocycles. The molecule has 24 heavy (non-hydrogen) atoms. The molecule has 0 saturated carbocycles. The van der Waals surface area contributed by atoms with Crippen LogP contribution in [-0.2, 0) is 15.1 Å². The van der Waals surface area contributed by atoms with Gasteiger partial charge in [0.15, 0.2) is 0 Å². The number of ether oxygens (including phenoxy) is 1. The fourth-order valence-electron chi connectivity index (χ4n) is 3.07. The molecule has 1 heterocycles. The molecule has 1 aromatic rings. The highest BCUT2D eigenvalue weighted by Crippen LogP contribution is 2.43. The molecule has 1 atom stereocenters. The van der Waals surface area contributed by atoms with Gasteiger partial charge >= 0.3 is 6.18 Å². The lowest BCUT2D eigenvalue weighted by Gasteiger charge is -2.42. The molecule has 0 radical (unpaired) electrons. The lowest BCUT2D eigenvalue weighted by atomic mass is 9.90. The number of methoxy groups -OCH3 is 1. The van der Waals surface area contributed by atoms with Crippen LogP contribution < -0.4 is 0 Å². The molecule has 0 spiro atoms. The quantitative estimate of drug-likeness (QED) is 0.842. The van der Waals surface area contributed by atoms with E-state index in [1.54, 1.807) is 6.07 Å². The van der Waals surface area contributed by atoms with Crippen molar-refractivity contribution in [2.24, 2.45) is 0 Å². The third-order valence-corrected chi connectivity index (χ3v) is 4.52. The normalized spacial score (nSPS) is 19.4. The van der Waals surface area contributed by atoms with Gasteiger partial charge < -0.3 is 9.64 Å². The van der Waals surface area contributed by atoms with Crippen molar-refractivity contribution >= 4 is 5.91 Å². The number of hydrogen-bond donors (Lipinski definition) is 0. The molecular formula is C17H23F3N2O2. The first-order chi connectivity index (χ1) is 11.2. The van der Waals surface area contributed by atoms with E-state index in [4.69, 9.17) is 4.74 Å². The van der Waals surface area contributed by atoms with Gasteiger partial charge in [-0.2, -0.15) is 13.2 Å².